The summed E-state index contributed by atoms with van der Waals surface area (Å²) in [5.74, 6) is -1.15. The molecule has 0 radical (unpaired) electrons. The highest BCUT2D eigenvalue weighted by molar-refractivity contribution is 6.30. The number of aromatic nitrogens is 2. The first kappa shape index (κ1) is 20.8. The Kier molecular flexibility index (Phi) is 4.55. The molecule has 0 saturated heterocycles. The van der Waals surface area contributed by atoms with Crippen molar-refractivity contribution in [2.75, 3.05) is 0 Å². The molecule has 0 unspecified atom stereocenters. The first-order chi connectivity index (χ1) is 13.9. The molecule has 0 spiro atoms. The molecule has 4 rings (SSSR count). The molecule has 0 aliphatic heterocycles. The van der Waals surface area contributed by atoms with E-state index in [1.807, 2.05) is 20.8 Å². The van der Waals surface area contributed by atoms with Gasteiger partial charge in [0.2, 0.25) is 0 Å². The number of fused-ring (bicyclic) bond motifs is 2. The second-order valence-corrected chi connectivity index (χ2v) is 9.17. The zero-order chi connectivity index (χ0) is 22.1. The van der Waals surface area contributed by atoms with Crippen LogP contribution in [0.3, 0.4) is 0 Å². The maximum atomic E-state index is 13.9. The van der Waals surface area contributed by atoms with Crippen LogP contribution in [-0.2, 0) is 11.0 Å². The summed E-state index contributed by atoms with van der Waals surface area (Å²) < 4.78 is 42.3. The Bertz CT molecular complexity index is 1080. The fourth-order valence-corrected chi connectivity index (χ4v) is 5.02. The maximum absolute atomic E-state index is 13.9. The third-order valence-electron chi connectivity index (χ3n) is 7.03. The van der Waals surface area contributed by atoms with Gasteiger partial charge < -0.3 is 0 Å². The SMILES string of the molecule is CC1(C)[C@@H]2CC[C@@]1(C)C(=O)/C2=C/C(=O)c1cnn(-c2ccc(Cl)cc2)c1C(F)(F)F. The zero-order valence-electron chi connectivity index (χ0n) is 16.7. The van der Waals surface area contributed by atoms with Gasteiger partial charge in [0, 0.05) is 16.0 Å². The molecule has 158 valence electrons. The number of rotatable bonds is 3. The zero-order valence-corrected chi connectivity index (χ0v) is 17.4. The van der Waals surface area contributed by atoms with Crippen LogP contribution in [0.5, 0.6) is 0 Å². The van der Waals surface area contributed by atoms with E-state index in [9.17, 15) is 22.8 Å². The Hall–Kier alpha value is -2.41. The molecule has 2 aliphatic rings. The number of carbonyl (C=O) groups is 2. The average molecular weight is 437 g/mol. The van der Waals surface area contributed by atoms with Crippen molar-refractivity contribution in [2.24, 2.45) is 16.7 Å². The van der Waals surface area contributed by atoms with Crippen LogP contribution in [0.15, 0.2) is 42.1 Å². The van der Waals surface area contributed by atoms with Gasteiger partial charge in [0.25, 0.3) is 0 Å². The monoisotopic (exact) mass is 436 g/mol. The molecule has 1 aromatic carbocycles. The van der Waals surface area contributed by atoms with Gasteiger partial charge in [-0.05, 0) is 54.5 Å². The first-order valence-corrected chi connectivity index (χ1v) is 9.97. The number of nitrogens with zero attached hydrogens (tertiary/aromatic N) is 2. The van der Waals surface area contributed by atoms with Gasteiger partial charge in [-0.3, -0.25) is 9.59 Å². The lowest BCUT2D eigenvalue weighted by Crippen LogP contribution is -2.32. The van der Waals surface area contributed by atoms with E-state index in [4.69, 9.17) is 11.6 Å². The van der Waals surface area contributed by atoms with Crippen molar-refractivity contribution in [2.45, 2.75) is 39.8 Å². The normalized spacial score (nSPS) is 26.6. The fraction of sp³-hybridized carbons (Fsp3) is 0.409. The number of hydrogen-bond acceptors (Lipinski definition) is 3. The van der Waals surface area contributed by atoms with Gasteiger partial charge in [0.05, 0.1) is 17.4 Å². The minimum absolute atomic E-state index is 0.128. The number of carbonyl (C=O) groups excluding carboxylic acids is 2. The summed E-state index contributed by atoms with van der Waals surface area (Å²) >= 11 is 5.81. The van der Waals surface area contributed by atoms with Gasteiger partial charge >= 0.3 is 6.18 Å². The molecule has 0 amide bonds. The van der Waals surface area contributed by atoms with Crippen molar-refractivity contribution in [3.05, 3.63) is 58.4 Å². The van der Waals surface area contributed by atoms with E-state index in [2.05, 4.69) is 5.10 Å². The molecule has 4 nitrogen and oxygen atoms in total. The van der Waals surface area contributed by atoms with Crippen LogP contribution in [0.25, 0.3) is 5.69 Å². The Balaban J connectivity index is 1.79. The van der Waals surface area contributed by atoms with Gasteiger partial charge in [0.15, 0.2) is 17.3 Å². The van der Waals surface area contributed by atoms with Gasteiger partial charge in [-0.25, -0.2) is 4.68 Å². The Morgan fingerprint density at radius 3 is 2.40 bits per heavy atom. The van der Waals surface area contributed by atoms with E-state index in [1.165, 1.54) is 24.3 Å². The highest BCUT2D eigenvalue weighted by atomic mass is 35.5. The van der Waals surface area contributed by atoms with Gasteiger partial charge in [-0.1, -0.05) is 32.4 Å². The maximum Gasteiger partial charge on any atom is 0.434 e. The number of Topliss-reactive ketones (excluding diaryl/α,β-unsaturated/α-hetero) is 1. The van der Waals surface area contributed by atoms with Crippen molar-refractivity contribution in [3.8, 4) is 5.69 Å². The van der Waals surface area contributed by atoms with Crippen molar-refractivity contribution in [1.29, 1.82) is 0 Å². The fourth-order valence-electron chi connectivity index (χ4n) is 4.89. The second-order valence-electron chi connectivity index (χ2n) is 8.73. The minimum atomic E-state index is -4.82. The second kappa shape index (κ2) is 6.54. The van der Waals surface area contributed by atoms with E-state index in [1.54, 1.807) is 0 Å². The van der Waals surface area contributed by atoms with Crippen LogP contribution < -0.4 is 0 Å². The summed E-state index contributed by atoms with van der Waals surface area (Å²) in [5, 5.41) is 4.17. The lowest BCUT2D eigenvalue weighted by atomic mass is 9.70. The molecule has 0 N–H and O–H groups in total. The smallest absolute Gasteiger partial charge is 0.294 e. The molecule has 1 aromatic heterocycles. The number of allylic oxidation sites excluding steroid dienone is 2. The molecule has 30 heavy (non-hydrogen) atoms. The molecule has 2 aliphatic carbocycles. The van der Waals surface area contributed by atoms with Gasteiger partial charge in [-0.2, -0.15) is 18.3 Å². The van der Waals surface area contributed by atoms with Crippen LogP contribution in [0.4, 0.5) is 13.2 Å². The van der Waals surface area contributed by atoms with E-state index < -0.39 is 28.6 Å². The average Bonchev–Trinajstić information content (AvgIpc) is 3.24. The Morgan fingerprint density at radius 2 is 1.87 bits per heavy atom. The van der Waals surface area contributed by atoms with Gasteiger partial charge in [0.1, 0.15) is 0 Å². The number of benzene rings is 1. The predicted octanol–water partition coefficient (Wildman–Crippen LogP) is 5.68. The van der Waals surface area contributed by atoms with Crippen molar-refractivity contribution in [3.63, 3.8) is 0 Å². The molecule has 2 fully saturated rings. The van der Waals surface area contributed by atoms with Crippen LogP contribution in [0.1, 0.15) is 49.7 Å². The van der Waals surface area contributed by atoms with Crippen LogP contribution >= 0.6 is 11.6 Å². The Morgan fingerprint density at radius 1 is 1.23 bits per heavy atom. The van der Waals surface area contributed by atoms with E-state index in [-0.39, 0.29) is 22.8 Å². The molecule has 2 bridgehead atoms. The van der Waals surface area contributed by atoms with E-state index >= 15 is 0 Å². The third-order valence-corrected chi connectivity index (χ3v) is 7.28. The summed E-state index contributed by atoms with van der Waals surface area (Å²) in [5.41, 5.74) is -2.23. The first-order valence-electron chi connectivity index (χ1n) is 9.60. The topological polar surface area (TPSA) is 52.0 Å². The van der Waals surface area contributed by atoms with Crippen LogP contribution in [0.2, 0.25) is 5.02 Å². The van der Waals surface area contributed by atoms with E-state index in [0.29, 0.717) is 15.3 Å². The summed E-state index contributed by atoms with van der Waals surface area (Å²) in [6.07, 6.45) is -1.36. The van der Waals surface area contributed by atoms with Gasteiger partial charge in [-0.15, -0.1) is 0 Å². The minimum Gasteiger partial charge on any atom is -0.294 e. The van der Waals surface area contributed by atoms with Crippen molar-refractivity contribution >= 4 is 23.2 Å². The lowest BCUT2D eigenvalue weighted by molar-refractivity contribution is -0.143. The summed E-state index contributed by atoms with van der Waals surface area (Å²) in [6.45, 7) is 5.83. The number of ketones is 2. The summed E-state index contributed by atoms with van der Waals surface area (Å²) in [4.78, 5) is 25.8. The number of hydrogen-bond donors (Lipinski definition) is 0. The standard InChI is InChI=1S/C22H20ClF3N2O2/c1-20(2)16-8-9-21(20,3)19(30)14(16)10-17(29)15-11-27-28(18(15)22(24,25)26)13-6-4-12(23)5-7-13/h4-7,10-11,16H,8-9H2,1-3H3/b14-10+/t16-,21+/m1/s1. The van der Waals surface area contributed by atoms with Crippen molar-refractivity contribution < 1.29 is 22.8 Å². The van der Waals surface area contributed by atoms with Crippen LogP contribution in [-0.4, -0.2) is 21.3 Å². The largest absolute Gasteiger partial charge is 0.434 e. The molecule has 2 saturated carbocycles. The third kappa shape index (κ3) is 2.86. The highest BCUT2D eigenvalue weighted by Gasteiger charge is 2.64. The molecule has 2 atom stereocenters. The number of alkyl halides is 3. The summed E-state index contributed by atoms with van der Waals surface area (Å²) in [6, 6.07) is 5.66. The summed E-state index contributed by atoms with van der Waals surface area (Å²) in [7, 11) is 0. The molecular formula is C22H20ClF3N2O2. The molecule has 2 aromatic rings. The highest BCUT2D eigenvalue weighted by Crippen LogP contribution is 2.65. The Labute approximate surface area is 176 Å². The lowest BCUT2D eigenvalue weighted by Gasteiger charge is -2.31. The number of halogens is 4. The quantitative estimate of drug-likeness (QED) is 0.459. The molecular weight excluding hydrogens is 417 g/mol. The molecule has 1 heterocycles. The van der Waals surface area contributed by atoms with Crippen molar-refractivity contribution in [1.82, 2.24) is 9.78 Å². The van der Waals surface area contributed by atoms with Crippen LogP contribution in [0, 0.1) is 16.7 Å². The molecule has 8 heteroatoms. The van der Waals surface area contributed by atoms with E-state index in [0.717, 1.165) is 25.1 Å². The predicted molar refractivity (Wildman–Crippen MR) is 106 cm³/mol.